The van der Waals surface area contributed by atoms with E-state index >= 15 is 0 Å². The summed E-state index contributed by atoms with van der Waals surface area (Å²) in [6, 6.07) is 15.8. The maximum absolute atomic E-state index is 12.9. The highest BCUT2D eigenvalue weighted by Gasteiger charge is 2.21. The second kappa shape index (κ2) is 8.04. The zero-order valence-electron chi connectivity index (χ0n) is 13.5. The van der Waals surface area contributed by atoms with Gasteiger partial charge < -0.3 is 10.1 Å². The minimum absolute atomic E-state index is 0.0353. The van der Waals surface area contributed by atoms with E-state index in [0.29, 0.717) is 18.7 Å². The molecule has 2 aromatic carbocycles. The Balaban J connectivity index is 1.48. The van der Waals surface area contributed by atoms with E-state index in [0.717, 1.165) is 19.6 Å². The number of hydrogen-bond donors (Lipinski definition) is 1. The second-order valence-electron chi connectivity index (χ2n) is 5.93. The van der Waals surface area contributed by atoms with Gasteiger partial charge in [0.05, 0.1) is 12.7 Å². The molecule has 1 saturated heterocycles. The number of amides is 1. The number of carbonyl (C=O) groups excluding carboxylic acids is 1. The lowest BCUT2D eigenvalue weighted by atomic mass is 10.2. The summed E-state index contributed by atoms with van der Waals surface area (Å²) in [6.07, 6.45) is -0.0353. The lowest BCUT2D eigenvalue weighted by Gasteiger charge is -2.33. The van der Waals surface area contributed by atoms with Crippen molar-refractivity contribution in [1.29, 1.82) is 0 Å². The molecule has 0 aliphatic carbocycles. The average molecular weight is 328 g/mol. The summed E-state index contributed by atoms with van der Waals surface area (Å²) in [5, 5.41) is 2.86. The number of benzene rings is 2. The van der Waals surface area contributed by atoms with Gasteiger partial charge in [0.2, 0.25) is 0 Å². The topological polar surface area (TPSA) is 41.6 Å². The van der Waals surface area contributed by atoms with Crippen molar-refractivity contribution in [2.45, 2.75) is 12.6 Å². The van der Waals surface area contributed by atoms with Crippen LogP contribution in [0.5, 0.6) is 0 Å². The van der Waals surface area contributed by atoms with Crippen LogP contribution in [0.4, 0.5) is 4.39 Å². The molecule has 0 spiro atoms. The fourth-order valence-electron chi connectivity index (χ4n) is 2.80. The second-order valence-corrected chi connectivity index (χ2v) is 5.93. The van der Waals surface area contributed by atoms with Gasteiger partial charge in [-0.2, -0.15) is 0 Å². The number of morpholine rings is 1. The minimum atomic E-state index is -0.348. The first-order valence-corrected chi connectivity index (χ1v) is 8.12. The van der Waals surface area contributed by atoms with Crippen molar-refractivity contribution in [1.82, 2.24) is 10.2 Å². The number of nitrogens with zero attached hydrogens (tertiary/aromatic N) is 1. The van der Waals surface area contributed by atoms with Crippen molar-refractivity contribution in [2.24, 2.45) is 0 Å². The van der Waals surface area contributed by atoms with E-state index in [9.17, 15) is 9.18 Å². The Morgan fingerprint density at radius 1 is 1.17 bits per heavy atom. The molecule has 1 unspecified atom stereocenters. The monoisotopic (exact) mass is 328 g/mol. The third kappa shape index (κ3) is 4.63. The first kappa shape index (κ1) is 16.6. The maximum atomic E-state index is 12.9. The van der Waals surface area contributed by atoms with Gasteiger partial charge in [0.25, 0.3) is 5.91 Å². The zero-order valence-corrected chi connectivity index (χ0v) is 13.5. The zero-order chi connectivity index (χ0) is 16.8. The summed E-state index contributed by atoms with van der Waals surface area (Å²) in [6.45, 7) is 3.65. The summed E-state index contributed by atoms with van der Waals surface area (Å²) in [4.78, 5) is 14.4. The molecule has 0 radical (unpaired) electrons. The van der Waals surface area contributed by atoms with E-state index in [4.69, 9.17) is 4.74 Å². The Hall–Kier alpha value is -2.24. The van der Waals surface area contributed by atoms with Crippen LogP contribution in [0.1, 0.15) is 15.9 Å². The molecule has 126 valence electrons. The molecular formula is C19H21FN2O2. The van der Waals surface area contributed by atoms with Gasteiger partial charge in [0.15, 0.2) is 0 Å². The van der Waals surface area contributed by atoms with Crippen molar-refractivity contribution in [2.75, 3.05) is 26.2 Å². The fraction of sp³-hybridized carbons (Fsp3) is 0.316. The van der Waals surface area contributed by atoms with Crippen LogP contribution in [0.25, 0.3) is 0 Å². The summed E-state index contributed by atoms with van der Waals surface area (Å²) in [5.74, 6) is -0.558. The molecule has 1 amide bonds. The Labute approximate surface area is 141 Å². The summed E-state index contributed by atoms with van der Waals surface area (Å²) < 4.78 is 18.6. The van der Waals surface area contributed by atoms with Gasteiger partial charge in [-0.15, -0.1) is 0 Å². The molecule has 24 heavy (non-hydrogen) atoms. The standard InChI is InChI=1S/C19H21FN2O2/c20-17-8-6-16(7-9-17)19(23)21-12-18-14-22(10-11-24-18)13-15-4-2-1-3-5-15/h1-9,18H,10-14H2,(H,21,23). The molecule has 4 nitrogen and oxygen atoms in total. The first-order chi connectivity index (χ1) is 11.7. The van der Waals surface area contributed by atoms with E-state index in [1.807, 2.05) is 18.2 Å². The SMILES string of the molecule is O=C(NCC1CN(Cc2ccccc2)CCO1)c1ccc(F)cc1. The molecule has 3 rings (SSSR count). The van der Waals surface area contributed by atoms with Gasteiger partial charge in [0.1, 0.15) is 5.82 Å². The highest BCUT2D eigenvalue weighted by Crippen LogP contribution is 2.10. The Morgan fingerprint density at radius 2 is 1.92 bits per heavy atom. The average Bonchev–Trinajstić information content (AvgIpc) is 2.61. The molecule has 1 atom stereocenters. The Morgan fingerprint density at radius 3 is 2.67 bits per heavy atom. The molecule has 1 aliphatic heterocycles. The van der Waals surface area contributed by atoms with Crippen LogP contribution < -0.4 is 5.32 Å². The molecule has 0 aromatic heterocycles. The van der Waals surface area contributed by atoms with E-state index in [1.165, 1.54) is 29.8 Å². The van der Waals surface area contributed by atoms with Crippen molar-refractivity contribution in [3.05, 3.63) is 71.5 Å². The molecule has 5 heteroatoms. The molecule has 1 N–H and O–H groups in total. The molecule has 1 heterocycles. The van der Waals surface area contributed by atoms with Gasteiger partial charge in [0, 0.05) is 31.7 Å². The van der Waals surface area contributed by atoms with Crippen LogP contribution in [0.2, 0.25) is 0 Å². The van der Waals surface area contributed by atoms with Crippen molar-refractivity contribution in [3.63, 3.8) is 0 Å². The van der Waals surface area contributed by atoms with Crippen LogP contribution in [0.15, 0.2) is 54.6 Å². The third-order valence-electron chi connectivity index (χ3n) is 4.07. The summed E-state index contributed by atoms with van der Waals surface area (Å²) in [5.41, 5.74) is 1.72. The van der Waals surface area contributed by atoms with Crippen LogP contribution in [0, 0.1) is 5.82 Å². The molecule has 2 aromatic rings. The van der Waals surface area contributed by atoms with E-state index in [1.54, 1.807) is 0 Å². The molecule has 0 bridgehead atoms. The van der Waals surface area contributed by atoms with Crippen molar-refractivity contribution in [3.8, 4) is 0 Å². The molecule has 1 aliphatic rings. The molecule has 1 fully saturated rings. The molecule has 0 saturated carbocycles. The number of carbonyl (C=O) groups is 1. The highest BCUT2D eigenvalue weighted by molar-refractivity contribution is 5.94. The summed E-state index contributed by atoms with van der Waals surface area (Å²) in [7, 11) is 0. The van der Waals surface area contributed by atoms with E-state index < -0.39 is 0 Å². The van der Waals surface area contributed by atoms with Crippen LogP contribution in [0.3, 0.4) is 0 Å². The lowest BCUT2D eigenvalue weighted by molar-refractivity contribution is -0.0292. The van der Waals surface area contributed by atoms with Gasteiger partial charge in [-0.25, -0.2) is 4.39 Å². The van der Waals surface area contributed by atoms with E-state index in [-0.39, 0.29) is 17.8 Å². The number of ether oxygens (including phenoxy) is 1. The van der Waals surface area contributed by atoms with Gasteiger partial charge in [-0.1, -0.05) is 30.3 Å². The molecular weight excluding hydrogens is 307 g/mol. The van der Waals surface area contributed by atoms with Crippen molar-refractivity contribution >= 4 is 5.91 Å². The Kier molecular flexibility index (Phi) is 5.56. The number of rotatable bonds is 5. The van der Waals surface area contributed by atoms with Crippen LogP contribution in [-0.2, 0) is 11.3 Å². The first-order valence-electron chi connectivity index (χ1n) is 8.12. The number of halogens is 1. The maximum Gasteiger partial charge on any atom is 0.251 e. The van der Waals surface area contributed by atoms with Crippen LogP contribution in [-0.4, -0.2) is 43.2 Å². The quantitative estimate of drug-likeness (QED) is 0.917. The minimum Gasteiger partial charge on any atom is -0.374 e. The van der Waals surface area contributed by atoms with Gasteiger partial charge in [-0.05, 0) is 29.8 Å². The van der Waals surface area contributed by atoms with Gasteiger partial charge >= 0.3 is 0 Å². The largest absolute Gasteiger partial charge is 0.374 e. The van der Waals surface area contributed by atoms with Crippen LogP contribution >= 0.6 is 0 Å². The smallest absolute Gasteiger partial charge is 0.251 e. The Bertz CT molecular complexity index is 661. The normalized spacial score (nSPS) is 18.3. The fourth-order valence-corrected chi connectivity index (χ4v) is 2.80. The predicted molar refractivity (Wildman–Crippen MR) is 90.2 cm³/mol. The number of nitrogens with one attached hydrogen (secondary N) is 1. The van der Waals surface area contributed by atoms with Gasteiger partial charge in [-0.3, -0.25) is 9.69 Å². The highest BCUT2D eigenvalue weighted by atomic mass is 19.1. The van der Waals surface area contributed by atoms with E-state index in [2.05, 4.69) is 22.3 Å². The predicted octanol–water partition coefficient (Wildman–Crippen LogP) is 2.46. The third-order valence-corrected chi connectivity index (χ3v) is 4.07. The lowest BCUT2D eigenvalue weighted by Crippen LogP contribution is -2.47. The number of hydrogen-bond acceptors (Lipinski definition) is 3. The van der Waals surface area contributed by atoms with Crippen molar-refractivity contribution < 1.29 is 13.9 Å². The summed E-state index contributed by atoms with van der Waals surface area (Å²) >= 11 is 0.